The second-order valence-corrected chi connectivity index (χ2v) is 4.15. The molecule has 20 heavy (non-hydrogen) atoms. The molecule has 0 fully saturated rings. The van der Waals surface area contributed by atoms with E-state index >= 15 is 0 Å². The van der Waals surface area contributed by atoms with Crippen LogP contribution < -0.4 is 0 Å². The van der Waals surface area contributed by atoms with Gasteiger partial charge in [-0.2, -0.15) is 0 Å². The molecule has 1 aromatic rings. The molecule has 0 aromatic heterocycles. The number of Topliss-reactive ketones (excluding diaryl/α,β-unsaturated/α-hetero) is 1. The molecule has 0 aliphatic rings. The van der Waals surface area contributed by atoms with E-state index in [1.54, 1.807) is 25.1 Å². The molecule has 1 aromatic carbocycles. The van der Waals surface area contributed by atoms with E-state index in [0.717, 1.165) is 6.08 Å². The van der Waals surface area contributed by atoms with Crippen LogP contribution in [0.1, 0.15) is 35.3 Å². The molecule has 5 heteroatoms. The lowest BCUT2D eigenvalue weighted by Crippen LogP contribution is -2.09. The summed E-state index contributed by atoms with van der Waals surface area (Å²) in [6, 6.07) is 4.87. The summed E-state index contributed by atoms with van der Waals surface area (Å²) in [5, 5.41) is 8.71. The zero-order valence-electron chi connectivity index (χ0n) is 11.4. The highest BCUT2D eigenvalue weighted by Crippen LogP contribution is 2.19. The molecule has 0 saturated heterocycles. The van der Waals surface area contributed by atoms with Crippen LogP contribution in [-0.4, -0.2) is 29.4 Å². The molecular weight excluding hydrogens is 260 g/mol. The molecular formula is C15H16O5. The number of rotatable bonds is 6. The Morgan fingerprint density at radius 1 is 1.30 bits per heavy atom. The average molecular weight is 276 g/mol. The first-order valence-corrected chi connectivity index (χ1v) is 6.15. The Labute approximate surface area is 116 Å². The number of carboxylic acid groups (broad SMARTS) is 1. The minimum Gasteiger partial charge on any atom is -0.478 e. The van der Waals surface area contributed by atoms with Crippen molar-refractivity contribution < 1.29 is 24.2 Å². The quantitative estimate of drug-likeness (QED) is 0.635. The van der Waals surface area contributed by atoms with Crippen LogP contribution in [0.4, 0.5) is 0 Å². The smallest absolute Gasteiger partial charge is 0.338 e. The molecule has 1 rings (SSSR count). The summed E-state index contributed by atoms with van der Waals surface area (Å²) in [5.41, 5.74) is 1.26. The highest BCUT2D eigenvalue weighted by atomic mass is 16.5. The Morgan fingerprint density at radius 2 is 2.00 bits per heavy atom. The lowest BCUT2D eigenvalue weighted by atomic mass is 9.97. The number of esters is 1. The molecule has 0 amide bonds. The van der Waals surface area contributed by atoms with Gasteiger partial charge in [-0.25, -0.2) is 9.59 Å². The first-order valence-electron chi connectivity index (χ1n) is 6.15. The van der Waals surface area contributed by atoms with Crippen molar-refractivity contribution in [1.29, 1.82) is 0 Å². The number of carbonyl (C=O) groups excluding carboxylic acids is 2. The maximum absolute atomic E-state index is 11.9. The number of carbonyl (C=O) groups is 3. The Balaban J connectivity index is 3.31. The number of benzene rings is 1. The minimum absolute atomic E-state index is 0.0732. The van der Waals surface area contributed by atoms with Crippen molar-refractivity contribution in [2.75, 3.05) is 6.61 Å². The standard InChI is InChI=1S/C15H16O5/c1-3-20-15(19)13-6-4-5-11(9-10(2)16)12(13)7-8-14(17)18/h4-8H,3,9H2,1-2H3,(H,17,18)/b8-7+. The van der Waals surface area contributed by atoms with E-state index in [2.05, 4.69) is 0 Å². The summed E-state index contributed by atoms with van der Waals surface area (Å²) in [7, 11) is 0. The van der Waals surface area contributed by atoms with Gasteiger partial charge in [0.05, 0.1) is 12.2 Å². The Morgan fingerprint density at radius 3 is 2.55 bits per heavy atom. The van der Waals surface area contributed by atoms with E-state index in [9.17, 15) is 14.4 Å². The zero-order chi connectivity index (χ0) is 15.1. The second-order valence-electron chi connectivity index (χ2n) is 4.15. The van der Waals surface area contributed by atoms with E-state index in [4.69, 9.17) is 9.84 Å². The molecule has 106 valence electrons. The third-order valence-corrected chi connectivity index (χ3v) is 2.52. The van der Waals surface area contributed by atoms with Gasteiger partial charge in [0.2, 0.25) is 0 Å². The number of aliphatic carboxylic acids is 1. The van der Waals surface area contributed by atoms with Crippen LogP contribution in [-0.2, 0) is 20.7 Å². The first-order chi connectivity index (χ1) is 9.45. The van der Waals surface area contributed by atoms with Crippen LogP contribution in [0.3, 0.4) is 0 Å². The molecule has 0 saturated carbocycles. The fourth-order valence-corrected chi connectivity index (χ4v) is 1.77. The van der Waals surface area contributed by atoms with Crippen molar-refractivity contribution in [2.24, 2.45) is 0 Å². The summed E-state index contributed by atoms with van der Waals surface area (Å²) in [6.45, 7) is 3.34. The van der Waals surface area contributed by atoms with Gasteiger partial charge in [0.15, 0.2) is 0 Å². The molecule has 0 spiro atoms. The highest BCUT2D eigenvalue weighted by molar-refractivity contribution is 5.97. The first kappa shape index (κ1) is 15.6. The fraction of sp³-hybridized carbons (Fsp3) is 0.267. The SMILES string of the molecule is CCOC(=O)c1cccc(CC(C)=O)c1/C=C/C(=O)O. The molecule has 0 aliphatic carbocycles. The largest absolute Gasteiger partial charge is 0.478 e. The normalized spacial score (nSPS) is 10.5. The van der Waals surface area contributed by atoms with Gasteiger partial charge < -0.3 is 9.84 Å². The van der Waals surface area contributed by atoms with Crippen molar-refractivity contribution in [1.82, 2.24) is 0 Å². The number of carboxylic acids is 1. The summed E-state index contributed by atoms with van der Waals surface area (Å²) < 4.78 is 4.93. The van der Waals surface area contributed by atoms with Crippen molar-refractivity contribution in [3.8, 4) is 0 Å². The van der Waals surface area contributed by atoms with Crippen molar-refractivity contribution in [3.05, 3.63) is 41.0 Å². The molecule has 1 N–H and O–H groups in total. The maximum atomic E-state index is 11.9. The molecule has 0 bridgehead atoms. The second kappa shape index (κ2) is 7.23. The average Bonchev–Trinajstić information content (AvgIpc) is 2.36. The van der Waals surface area contributed by atoms with E-state index in [0.29, 0.717) is 11.1 Å². The van der Waals surface area contributed by atoms with E-state index in [1.807, 2.05) is 0 Å². The predicted octanol–water partition coefficient (Wildman–Crippen LogP) is 2.09. The van der Waals surface area contributed by atoms with E-state index in [1.165, 1.54) is 13.0 Å². The van der Waals surface area contributed by atoms with Gasteiger partial charge in [-0.05, 0) is 37.1 Å². The van der Waals surface area contributed by atoms with E-state index < -0.39 is 11.9 Å². The van der Waals surface area contributed by atoms with Crippen LogP contribution in [0.2, 0.25) is 0 Å². The van der Waals surface area contributed by atoms with Crippen LogP contribution in [0, 0.1) is 0 Å². The van der Waals surface area contributed by atoms with Gasteiger partial charge in [0, 0.05) is 12.5 Å². The summed E-state index contributed by atoms with van der Waals surface area (Å²) in [6.07, 6.45) is 2.38. The summed E-state index contributed by atoms with van der Waals surface area (Å²) >= 11 is 0. The summed E-state index contributed by atoms with van der Waals surface area (Å²) in [4.78, 5) is 33.8. The van der Waals surface area contributed by atoms with Crippen molar-refractivity contribution >= 4 is 23.8 Å². The molecule has 5 nitrogen and oxygen atoms in total. The highest BCUT2D eigenvalue weighted by Gasteiger charge is 2.15. The third kappa shape index (κ3) is 4.35. The monoisotopic (exact) mass is 276 g/mol. The van der Waals surface area contributed by atoms with Crippen LogP contribution in [0.25, 0.3) is 6.08 Å². The number of ether oxygens (including phenoxy) is 1. The van der Waals surface area contributed by atoms with Gasteiger partial charge in [0.25, 0.3) is 0 Å². The molecule has 0 aliphatic heterocycles. The zero-order valence-corrected chi connectivity index (χ0v) is 11.4. The topological polar surface area (TPSA) is 80.7 Å². The molecule has 0 atom stereocenters. The Kier molecular flexibility index (Phi) is 5.65. The lowest BCUT2D eigenvalue weighted by molar-refractivity contribution is -0.131. The number of hydrogen-bond donors (Lipinski definition) is 1. The lowest BCUT2D eigenvalue weighted by Gasteiger charge is -2.10. The Hall–Kier alpha value is -2.43. The van der Waals surface area contributed by atoms with Gasteiger partial charge in [0.1, 0.15) is 5.78 Å². The molecule has 0 unspecified atom stereocenters. The third-order valence-electron chi connectivity index (χ3n) is 2.52. The molecule has 0 radical (unpaired) electrons. The fourth-order valence-electron chi connectivity index (χ4n) is 1.77. The number of ketones is 1. The minimum atomic E-state index is -1.13. The van der Waals surface area contributed by atoms with Crippen LogP contribution in [0.15, 0.2) is 24.3 Å². The summed E-state index contributed by atoms with van der Waals surface area (Å²) in [5.74, 6) is -1.74. The predicted molar refractivity (Wildman–Crippen MR) is 73.5 cm³/mol. The molecule has 0 heterocycles. The Bertz CT molecular complexity index is 557. The van der Waals surface area contributed by atoms with Crippen molar-refractivity contribution in [2.45, 2.75) is 20.3 Å². The van der Waals surface area contributed by atoms with Gasteiger partial charge in [-0.1, -0.05) is 12.1 Å². The van der Waals surface area contributed by atoms with Gasteiger partial charge in [-0.3, -0.25) is 4.79 Å². The van der Waals surface area contributed by atoms with Crippen LogP contribution >= 0.6 is 0 Å². The van der Waals surface area contributed by atoms with Crippen molar-refractivity contribution in [3.63, 3.8) is 0 Å². The van der Waals surface area contributed by atoms with Crippen LogP contribution in [0.5, 0.6) is 0 Å². The van der Waals surface area contributed by atoms with E-state index in [-0.39, 0.29) is 24.4 Å². The van der Waals surface area contributed by atoms with Gasteiger partial charge in [-0.15, -0.1) is 0 Å². The van der Waals surface area contributed by atoms with Gasteiger partial charge >= 0.3 is 11.9 Å². The number of hydrogen-bond acceptors (Lipinski definition) is 4. The maximum Gasteiger partial charge on any atom is 0.338 e.